The smallest absolute Gasteiger partial charge is 0.367 e. The third-order valence-corrected chi connectivity index (χ3v) is 6.30. The van der Waals surface area contributed by atoms with Gasteiger partial charge in [0.1, 0.15) is 0 Å². The summed E-state index contributed by atoms with van der Waals surface area (Å²) >= 11 is 6.11. The van der Waals surface area contributed by atoms with Crippen LogP contribution in [0.15, 0.2) is 42.5 Å². The SMILES string of the molecule is O=C([C@H]1CC1c1ccc(C(F)(F)F)cc1)N1CCN(c2cc(C(F)(F)F)ccc2Cl)CC1. The molecule has 10 heteroatoms. The zero-order valence-electron chi connectivity index (χ0n) is 16.7. The van der Waals surface area contributed by atoms with Gasteiger partial charge in [-0.3, -0.25) is 4.79 Å². The lowest BCUT2D eigenvalue weighted by Crippen LogP contribution is -2.49. The van der Waals surface area contributed by atoms with Crippen LogP contribution in [0.25, 0.3) is 0 Å². The molecule has 2 fully saturated rings. The monoisotopic (exact) mass is 476 g/mol. The van der Waals surface area contributed by atoms with Crippen molar-refractivity contribution in [3.8, 4) is 0 Å². The predicted octanol–water partition coefficient (Wildman–Crippen LogP) is 5.83. The van der Waals surface area contributed by atoms with Crippen molar-refractivity contribution in [2.75, 3.05) is 31.1 Å². The normalized spacial score (nSPS) is 21.6. The maximum absolute atomic E-state index is 13.0. The average molecular weight is 477 g/mol. The highest BCUT2D eigenvalue weighted by atomic mass is 35.5. The van der Waals surface area contributed by atoms with Crippen molar-refractivity contribution >= 4 is 23.2 Å². The first-order valence-corrected chi connectivity index (χ1v) is 10.4. The summed E-state index contributed by atoms with van der Waals surface area (Å²) in [5.74, 6) is -0.471. The van der Waals surface area contributed by atoms with Crippen LogP contribution in [0.5, 0.6) is 0 Å². The van der Waals surface area contributed by atoms with Gasteiger partial charge in [0.25, 0.3) is 0 Å². The van der Waals surface area contributed by atoms with Crippen LogP contribution in [0.2, 0.25) is 5.02 Å². The van der Waals surface area contributed by atoms with E-state index in [4.69, 9.17) is 11.6 Å². The van der Waals surface area contributed by atoms with E-state index in [-0.39, 0.29) is 28.5 Å². The molecule has 2 aromatic rings. The first-order chi connectivity index (χ1) is 14.9. The lowest BCUT2D eigenvalue weighted by atomic mass is 10.1. The van der Waals surface area contributed by atoms with Gasteiger partial charge in [-0.2, -0.15) is 26.3 Å². The summed E-state index contributed by atoms with van der Waals surface area (Å²) in [7, 11) is 0. The lowest BCUT2D eigenvalue weighted by molar-refractivity contribution is -0.138. The Morgan fingerprint density at radius 2 is 1.41 bits per heavy atom. The number of rotatable bonds is 3. The van der Waals surface area contributed by atoms with Crippen molar-refractivity contribution in [2.24, 2.45) is 5.92 Å². The Kier molecular flexibility index (Phi) is 5.81. The van der Waals surface area contributed by atoms with E-state index >= 15 is 0 Å². The van der Waals surface area contributed by atoms with Crippen molar-refractivity contribution in [1.29, 1.82) is 0 Å². The number of benzene rings is 2. The van der Waals surface area contributed by atoms with Crippen molar-refractivity contribution in [3.05, 3.63) is 64.2 Å². The van der Waals surface area contributed by atoms with E-state index in [2.05, 4.69) is 0 Å². The van der Waals surface area contributed by atoms with E-state index in [1.165, 1.54) is 18.2 Å². The van der Waals surface area contributed by atoms with Gasteiger partial charge in [0, 0.05) is 32.1 Å². The van der Waals surface area contributed by atoms with Gasteiger partial charge in [-0.1, -0.05) is 23.7 Å². The third kappa shape index (κ3) is 4.67. The number of amides is 1. The number of alkyl halides is 6. The van der Waals surface area contributed by atoms with Gasteiger partial charge in [-0.25, -0.2) is 0 Å². The second-order valence-electron chi connectivity index (χ2n) is 8.04. The molecule has 1 aliphatic heterocycles. The Morgan fingerprint density at radius 3 is 1.97 bits per heavy atom. The molecule has 0 aromatic heterocycles. The summed E-state index contributed by atoms with van der Waals surface area (Å²) in [5.41, 5.74) is -0.532. The molecule has 0 bridgehead atoms. The predicted molar refractivity (Wildman–Crippen MR) is 108 cm³/mol. The zero-order chi connectivity index (χ0) is 23.3. The fraction of sp³-hybridized carbons (Fsp3) is 0.409. The molecule has 4 rings (SSSR count). The van der Waals surface area contributed by atoms with Gasteiger partial charge >= 0.3 is 12.4 Å². The lowest BCUT2D eigenvalue weighted by Gasteiger charge is -2.37. The molecule has 3 nitrogen and oxygen atoms in total. The molecule has 0 spiro atoms. The van der Waals surface area contributed by atoms with Crippen molar-refractivity contribution in [3.63, 3.8) is 0 Å². The van der Waals surface area contributed by atoms with E-state index < -0.39 is 23.5 Å². The summed E-state index contributed by atoms with van der Waals surface area (Å²) in [5, 5.41) is 0.210. The van der Waals surface area contributed by atoms with Gasteiger partial charge in [-0.15, -0.1) is 0 Å². The summed E-state index contributed by atoms with van der Waals surface area (Å²) in [4.78, 5) is 16.2. The number of anilines is 1. The number of hydrogen-bond donors (Lipinski definition) is 0. The molecular weight excluding hydrogens is 458 g/mol. The highest BCUT2D eigenvalue weighted by molar-refractivity contribution is 6.33. The second kappa shape index (κ2) is 8.17. The van der Waals surface area contributed by atoms with Crippen LogP contribution in [-0.2, 0) is 17.1 Å². The Morgan fingerprint density at radius 1 is 0.844 bits per heavy atom. The second-order valence-corrected chi connectivity index (χ2v) is 8.45. The average Bonchev–Trinajstić information content (AvgIpc) is 3.53. The molecule has 0 N–H and O–H groups in total. The Hall–Kier alpha value is -2.42. The molecule has 1 aliphatic carbocycles. The fourth-order valence-corrected chi connectivity index (χ4v) is 4.33. The molecule has 2 aromatic carbocycles. The summed E-state index contributed by atoms with van der Waals surface area (Å²) in [6.07, 6.45) is -8.31. The zero-order valence-corrected chi connectivity index (χ0v) is 17.4. The molecule has 172 valence electrons. The molecule has 2 aliphatic rings. The topological polar surface area (TPSA) is 23.6 Å². The molecule has 2 atom stereocenters. The van der Waals surface area contributed by atoms with Gasteiger partial charge < -0.3 is 9.80 Å². The summed E-state index contributed by atoms with van der Waals surface area (Å²) in [6.45, 7) is 1.35. The molecule has 1 saturated carbocycles. The van der Waals surface area contributed by atoms with Crippen molar-refractivity contribution in [2.45, 2.75) is 24.7 Å². The van der Waals surface area contributed by atoms with E-state index in [0.717, 1.165) is 24.3 Å². The fourth-order valence-electron chi connectivity index (χ4n) is 4.09. The number of nitrogens with zero attached hydrogens (tertiary/aromatic N) is 2. The molecule has 1 saturated heterocycles. The summed E-state index contributed by atoms with van der Waals surface area (Å²) in [6, 6.07) is 8.03. The van der Waals surface area contributed by atoms with Gasteiger partial charge in [0.15, 0.2) is 0 Å². The van der Waals surface area contributed by atoms with Crippen LogP contribution in [0.4, 0.5) is 32.0 Å². The highest BCUT2D eigenvalue weighted by Gasteiger charge is 2.46. The minimum Gasteiger partial charge on any atom is -0.367 e. The van der Waals surface area contributed by atoms with E-state index in [9.17, 15) is 31.1 Å². The highest BCUT2D eigenvalue weighted by Crippen LogP contribution is 2.49. The minimum absolute atomic E-state index is 0.0790. The van der Waals surface area contributed by atoms with Crippen molar-refractivity contribution < 1.29 is 31.1 Å². The van der Waals surface area contributed by atoms with Gasteiger partial charge in [-0.05, 0) is 48.2 Å². The summed E-state index contributed by atoms with van der Waals surface area (Å²) < 4.78 is 77.2. The van der Waals surface area contributed by atoms with Crippen LogP contribution in [-0.4, -0.2) is 37.0 Å². The maximum atomic E-state index is 13.0. The van der Waals surface area contributed by atoms with Crippen molar-refractivity contribution in [1.82, 2.24) is 4.90 Å². The molecule has 1 unspecified atom stereocenters. The quantitative estimate of drug-likeness (QED) is 0.520. The minimum atomic E-state index is -4.48. The van der Waals surface area contributed by atoms with E-state index in [1.807, 2.05) is 0 Å². The molecule has 0 radical (unpaired) electrons. The first-order valence-electron chi connectivity index (χ1n) is 10.0. The Bertz CT molecular complexity index is 997. The van der Waals surface area contributed by atoms with E-state index in [0.29, 0.717) is 38.2 Å². The number of halogens is 7. The number of carbonyl (C=O) groups excluding carboxylic acids is 1. The number of piperazine rings is 1. The van der Waals surface area contributed by atoms with Crippen LogP contribution in [0.3, 0.4) is 0 Å². The Labute approximate surface area is 185 Å². The molecule has 1 heterocycles. The van der Waals surface area contributed by atoms with Crippen LogP contribution in [0.1, 0.15) is 29.0 Å². The van der Waals surface area contributed by atoms with Gasteiger partial charge in [0.2, 0.25) is 5.91 Å². The van der Waals surface area contributed by atoms with E-state index in [1.54, 1.807) is 9.80 Å². The maximum Gasteiger partial charge on any atom is 0.416 e. The molecular formula is C22H19ClF6N2O. The number of carbonyl (C=O) groups is 1. The largest absolute Gasteiger partial charge is 0.416 e. The molecule has 1 amide bonds. The Balaban J connectivity index is 1.36. The standard InChI is InChI=1S/C22H19ClF6N2O/c23-18-6-5-15(22(27,28)29)11-19(18)30-7-9-31(10-8-30)20(32)17-12-16(17)13-1-3-14(4-2-13)21(24,25)26/h1-6,11,16-17H,7-10,12H2/t16?,17-/m0/s1. The van der Waals surface area contributed by atoms with Gasteiger partial charge in [0.05, 0.1) is 21.8 Å². The van der Waals surface area contributed by atoms with Crippen LogP contribution < -0.4 is 4.90 Å². The van der Waals surface area contributed by atoms with Crippen LogP contribution in [0, 0.1) is 5.92 Å². The molecule has 32 heavy (non-hydrogen) atoms. The first kappa shape index (κ1) is 22.8. The number of hydrogen-bond acceptors (Lipinski definition) is 2. The van der Waals surface area contributed by atoms with Crippen LogP contribution >= 0.6 is 11.6 Å². The third-order valence-electron chi connectivity index (χ3n) is 5.98.